The molecule has 1 aromatic carbocycles. The van der Waals surface area contributed by atoms with Gasteiger partial charge in [-0.15, -0.1) is 0 Å². The maximum atomic E-state index is 6.45. The van der Waals surface area contributed by atoms with Gasteiger partial charge in [-0.1, -0.05) is 45.0 Å². The van der Waals surface area contributed by atoms with Crippen LogP contribution in [-0.2, 0) is 11.8 Å². The molecule has 1 aromatic rings. The zero-order valence-electron chi connectivity index (χ0n) is 12.9. The van der Waals surface area contributed by atoms with E-state index in [9.17, 15) is 0 Å². The number of benzene rings is 1. The van der Waals surface area contributed by atoms with Crippen LogP contribution in [0.2, 0.25) is 0 Å². The molecule has 2 heteroatoms. The first-order valence-electron chi connectivity index (χ1n) is 7.35. The Balaban J connectivity index is 1.94. The minimum Gasteiger partial charge on any atom is -0.324 e. The number of nitrogens with two attached hydrogens (primary N) is 1. The third-order valence-corrected chi connectivity index (χ3v) is 4.31. The Morgan fingerprint density at radius 3 is 2.32 bits per heavy atom. The minimum absolute atomic E-state index is 0.0252. The van der Waals surface area contributed by atoms with Gasteiger partial charge in [0.25, 0.3) is 0 Å². The van der Waals surface area contributed by atoms with Crippen LogP contribution in [0.15, 0.2) is 24.3 Å². The molecule has 2 N–H and O–H groups in total. The predicted molar refractivity (Wildman–Crippen MR) is 82.5 cm³/mol. The molecule has 1 atom stereocenters. The quantitative estimate of drug-likeness (QED) is 0.905. The normalized spacial score (nSPS) is 24.9. The van der Waals surface area contributed by atoms with Crippen LogP contribution < -0.4 is 5.73 Å². The Hall–Kier alpha value is -0.860. The van der Waals surface area contributed by atoms with Crippen molar-refractivity contribution < 1.29 is 0 Å². The van der Waals surface area contributed by atoms with Gasteiger partial charge in [0.05, 0.1) is 0 Å². The summed E-state index contributed by atoms with van der Waals surface area (Å²) in [6, 6.07) is 9.06. The maximum Gasteiger partial charge on any atom is 0.0298 e. The number of likely N-dealkylation sites (N-methyl/N-ethyl adjacent to an activating group) is 1. The summed E-state index contributed by atoms with van der Waals surface area (Å²) >= 11 is 0. The first-order chi connectivity index (χ1) is 8.78. The third-order valence-electron chi connectivity index (χ3n) is 4.31. The summed E-state index contributed by atoms with van der Waals surface area (Å²) in [6.07, 6.45) is 3.31. The van der Waals surface area contributed by atoms with E-state index in [-0.39, 0.29) is 11.0 Å². The maximum absolute atomic E-state index is 6.45. The largest absolute Gasteiger partial charge is 0.324 e. The summed E-state index contributed by atoms with van der Waals surface area (Å²) in [5.41, 5.74) is 9.53. The molecule has 1 aliphatic heterocycles. The van der Waals surface area contributed by atoms with Gasteiger partial charge >= 0.3 is 0 Å². The van der Waals surface area contributed by atoms with Gasteiger partial charge in [-0.3, -0.25) is 0 Å². The van der Waals surface area contributed by atoms with Crippen LogP contribution in [-0.4, -0.2) is 30.6 Å². The highest BCUT2D eigenvalue weighted by Crippen LogP contribution is 2.25. The highest BCUT2D eigenvalue weighted by atomic mass is 15.2. The van der Waals surface area contributed by atoms with E-state index >= 15 is 0 Å². The lowest BCUT2D eigenvalue weighted by Gasteiger charge is -2.24. The zero-order chi connectivity index (χ0) is 14.1. The van der Waals surface area contributed by atoms with Gasteiger partial charge in [0.15, 0.2) is 0 Å². The summed E-state index contributed by atoms with van der Waals surface area (Å²) in [6.45, 7) is 8.94. The first kappa shape index (κ1) is 14.5. The Bertz CT molecular complexity index is 416. The Morgan fingerprint density at radius 2 is 1.84 bits per heavy atom. The lowest BCUT2D eigenvalue weighted by molar-refractivity contribution is 0.354. The standard InChI is InChI=1S/C17H28N2/c1-16(2,3)15-7-5-14(6-8-15)9-10-17(18)11-12-19(4)13-17/h5-8H,9-13,18H2,1-4H3. The molecule has 0 saturated carbocycles. The first-order valence-corrected chi connectivity index (χ1v) is 7.35. The zero-order valence-corrected chi connectivity index (χ0v) is 12.9. The molecule has 2 rings (SSSR count). The average Bonchev–Trinajstić information content (AvgIpc) is 2.67. The van der Waals surface area contributed by atoms with Gasteiger partial charge in [-0.2, -0.15) is 0 Å². The van der Waals surface area contributed by atoms with Gasteiger partial charge in [-0.25, -0.2) is 0 Å². The molecule has 1 unspecified atom stereocenters. The molecule has 1 saturated heterocycles. The fourth-order valence-electron chi connectivity index (χ4n) is 2.88. The fourth-order valence-corrected chi connectivity index (χ4v) is 2.88. The summed E-state index contributed by atoms with van der Waals surface area (Å²) in [4.78, 5) is 2.34. The van der Waals surface area contributed by atoms with Crippen molar-refractivity contribution in [3.05, 3.63) is 35.4 Å². The number of nitrogens with zero attached hydrogens (tertiary/aromatic N) is 1. The number of hydrogen-bond donors (Lipinski definition) is 1. The van der Waals surface area contributed by atoms with Crippen molar-refractivity contribution >= 4 is 0 Å². The molecule has 1 fully saturated rings. The van der Waals surface area contributed by atoms with Gasteiger partial charge in [0, 0.05) is 12.1 Å². The van der Waals surface area contributed by atoms with Gasteiger partial charge < -0.3 is 10.6 Å². The van der Waals surface area contributed by atoms with Crippen molar-refractivity contribution in [2.24, 2.45) is 5.73 Å². The number of likely N-dealkylation sites (tertiary alicyclic amines) is 1. The van der Waals surface area contributed by atoms with Crippen LogP contribution in [0, 0.1) is 0 Å². The molecule has 2 nitrogen and oxygen atoms in total. The number of hydrogen-bond acceptors (Lipinski definition) is 2. The van der Waals surface area contributed by atoms with E-state index in [0.717, 1.165) is 32.4 Å². The molecule has 106 valence electrons. The average molecular weight is 260 g/mol. The lowest BCUT2D eigenvalue weighted by atomic mass is 9.85. The molecule has 0 bridgehead atoms. The monoisotopic (exact) mass is 260 g/mol. The van der Waals surface area contributed by atoms with E-state index < -0.39 is 0 Å². The molecule has 0 amide bonds. The number of aryl methyl sites for hydroxylation is 1. The highest BCUT2D eigenvalue weighted by Gasteiger charge is 2.31. The van der Waals surface area contributed by atoms with Gasteiger partial charge in [0.1, 0.15) is 0 Å². The van der Waals surface area contributed by atoms with E-state index in [1.807, 2.05) is 0 Å². The van der Waals surface area contributed by atoms with Gasteiger partial charge in [0.2, 0.25) is 0 Å². The summed E-state index contributed by atoms with van der Waals surface area (Å²) in [5, 5.41) is 0. The SMILES string of the molecule is CN1CCC(N)(CCc2ccc(C(C)(C)C)cc2)C1. The fraction of sp³-hybridized carbons (Fsp3) is 0.647. The number of rotatable bonds is 3. The van der Waals surface area contributed by atoms with Crippen molar-refractivity contribution in [2.45, 2.75) is 51.0 Å². The summed E-state index contributed by atoms with van der Waals surface area (Å²) in [5.74, 6) is 0. The second kappa shape index (κ2) is 5.26. The molecule has 0 spiro atoms. The van der Waals surface area contributed by atoms with E-state index in [1.165, 1.54) is 11.1 Å². The third kappa shape index (κ3) is 3.80. The van der Waals surface area contributed by atoms with Crippen LogP contribution >= 0.6 is 0 Å². The molecule has 1 aliphatic rings. The van der Waals surface area contributed by atoms with Crippen LogP contribution in [0.3, 0.4) is 0 Å². The summed E-state index contributed by atoms with van der Waals surface area (Å²) < 4.78 is 0. The predicted octanol–water partition coefficient (Wildman–Crippen LogP) is 2.95. The molecule has 1 heterocycles. The molecular formula is C17H28N2. The van der Waals surface area contributed by atoms with Gasteiger partial charge in [-0.05, 0) is 49.4 Å². The molecule has 0 radical (unpaired) electrons. The minimum atomic E-state index is 0.0252. The topological polar surface area (TPSA) is 29.3 Å². The van der Waals surface area contributed by atoms with E-state index in [0.29, 0.717) is 0 Å². The van der Waals surface area contributed by atoms with Crippen molar-refractivity contribution in [3.63, 3.8) is 0 Å². The second-order valence-corrected chi connectivity index (χ2v) is 7.30. The molecule has 0 aromatic heterocycles. The van der Waals surface area contributed by atoms with Crippen LogP contribution in [0.4, 0.5) is 0 Å². The van der Waals surface area contributed by atoms with Crippen molar-refractivity contribution in [1.82, 2.24) is 4.90 Å². The van der Waals surface area contributed by atoms with Crippen molar-refractivity contribution in [2.75, 3.05) is 20.1 Å². The van der Waals surface area contributed by atoms with Crippen molar-refractivity contribution in [1.29, 1.82) is 0 Å². The Kier molecular flexibility index (Phi) is 4.03. The van der Waals surface area contributed by atoms with E-state index in [2.05, 4.69) is 57.0 Å². The Labute approximate surface area is 118 Å². The van der Waals surface area contributed by atoms with Crippen LogP contribution in [0.1, 0.15) is 44.7 Å². The van der Waals surface area contributed by atoms with Crippen LogP contribution in [0.25, 0.3) is 0 Å². The van der Waals surface area contributed by atoms with Crippen molar-refractivity contribution in [3.8, 4) is 0 Å². The highest BCUT2D eigenvalue weighted by molar-refractivity contribution is 5.27. The lowest BCUT2D eigenvalue weighted by Crippen LogP contribution is -2.42. The molecule has 0 aliphatic carbocycles. The molecule has 19 heavy (non-hydrogen) atoms. The summed E-state index contributed by atoms with van der Waals surface area (Å²) in [7, 11) is 2.16. The van der Waals surface area contributed by atoms with Crippen LogP contribution in [0.5, 0.6) is 0 Å². The smallest absolute Gasteiger partial charge is 0.0298 e. The molecular weight excluding hydrogens is 232 g/mol. The Morgan fingerprint density at radius 1 is 1.21 bits per heavy atom. The van der Waals surface area contributed by atoms with E-state index in [1.54, 1.807) is 0 Å². The second-order valence-electron chi connectivity index (χ2n) is 7.30. The van der Waals surface area contributed by atoms with E-state index in [4.69, 9.17) is 5.73 Å².